The van der Waals surface area contributed by atoms with Crippen LogP contribution in [0, 0.1) is 25.7 Å². The Morgan fingerprint density at radius 2 is 0.588 bits per heavy atom. The van der Waals surface area contributed by atoms with E-state index in [1.807, 2.05) is 22.7 Å². The van der Waals surface area contributed by atoms with Gasteiger partial charge >= 0.3 is 333 Å². The van der Waals surface area contributed by atoms with Gasteiger partial charge in [-0.3, -0.25) is 0 Å². The second-order valence-corrected chi connectivity index (χ2v) is 32.2. The molecule has 8 heteroatoms. The molecule has 4 aromatic rings. The van der Waals surface area contributed by atoms with Crippen molar-refractivity contribution in [1.29, 1.82) is 0 Å². The van der Waals surface area contributed by atoms with E-state index in [1.54, 1.807) is 0 Å². The summed E-state index contributed by atoms with van der Waals surface area (Å²) in [6.45, 7) is 15.1. The van der Waals surface area contributed by atoms with Crippen molar-refractivity contribution in [3.8, 4) is 18.6 Å². The minimum atomic E-state index is 0.0766. The molecule has 2 aliphatic rings. The van der Waals surface area contributed by atoms with Gasteiger partial charge in [-0.15, -0.1) is 0 Å². The van der Waals surface area contributed by atoms with Crippen LogP contribution in [0.3, 0.4) is 0 Å². The Balaban J connectivity index is 1.32. The first-order valence-electron chi connectivity index (χ1n) is 33.7. The van der Waals surface area contributed by atoms with Crippen LogP contribution in [0.15, 0.2) is 59.7 Å². The van der Waals surface area contributed by atoms with E-state index in [4.69, 9.17) is 0 Å². The Kier molecular flexibility index (Phi) is 33.0. The van der Waals surface area contributed by atoms with Crippen molar-refractivity contribution in [1.82, 2.24) is 9.80 Å². The molecule has 4 nitrogen and oxygen atoms in total. The zero-order valence-electron chi connectivity index (χ0n) is 51.8. The first-order valence-corrected chi connectivity index (χ1v) is 38.8. The van der Waals surface area contributed by atoms with Gasteiger partial charge in [-0.05, 0) is 0 Å². The number of nitrogens with zero attached hydrogens (tertiary/aromatic N) is 2. The second-order valence-electron chi connectivity index (χ2n) is 24.6. The van der Waals surface area contributed by atoms with Crippen LogP contribution in [0.25, 0.3) is 30.0 Å². The van der Waals surface area contributed by atoms with E-state index in [1.165, 1.54) is 259 Å². The topological polar surface area (TPSA) is 40.6 Å². The third kappa shape index (κ3) is 22.3. The molecule has 2 unspecified atom stereocenters. The van der Waals surface area contributed by atoms with Crippen molar-refractivity contribution < 1.29 is 9.59 Å². The zero-order chi connectivity index (χ0) is 56.6. The van der Waals surface area contributed by atoms with E-state index < -0.39 is 0 Å². The van der Waals surface area contributed by atoms with Crippen LogP contribution in [-0.2, 0) is 9.59 Å². The summed E-state index contributed by atoms with van der Waals surface area (Å²) < 4.78 is 5.71. The Hall–Kier alpha value is -2.18. The van der Waals surface area contributed by atoms with E-state index in [-0.39, 0.29) is 11.8 Å². The number of hydrogen-bond acceptors (Lipinski definition) is 4. The number of carbonyl (C=O) groups is 2. The summed E-state index contributed by atoms with van der Waals surface area (Å²) in [5.74, 6) is 0.964. The Morgan fingerprint density at radius 3 is 0.838 bits per heavy atom. The van der Waals surface area contributed by atoms with E-state index in [0.29, 0.717) is 65.1 Å². The van der Waals surface area contributed by atoms with Crippen LogP contribution in [0.4, 0.5) is 0 Å². The first kappa shape index (κ1) is 67.0. The van der Waals surface area contributed by atoms with Crippen molar-refractivity contribution in [3.63, 3.8) is 0 Å². The van der Waals surface area contributed by atoms with E-state index >= 15 is 9.59 Å². The number of aryl methyl sites for hydroxylation is 2. The molecule has 0 spiro atoms. The molecular weight excluding hydrogens is 1150 g/mol. The fourth-order valence-corrected chi connectivity index (χ4v) is 19.0. The van der Waals surface area contributed by atoms with Gasteiger partial charge in [0.2, 0.25) is 0 Å². The third-order valence-corrected chi connectivity index (χ3v) is 24.7. The number of hydrogen-bond donors (Lipinski definition) is 0. The second kappa shape index (κ2) is 39.4. The average Bonchev–Trinajstić information content (AvgIpc) is 4.38. The van der Waals surface area contributed by atoms with Crippen LogP contribution in [-0.4, -0.2) is 63.7 Å². The molecule has 2 aliphatic heterocycles. The van der Waals surface area contributed by atoms with E-state index in [9.17, 15) is 0 Å². The SMILES string of the molecule is CCCCCCCCCCCCC(CCCCCCCCCC)CN1C(=O)C2=C(c3ccc(-c4ccc(C)[se]4)s3)N(CC(CCCCCCCCCC)CCCCCCCCCCCC)C(=O)C2=C1c1ccc(-c2ccc(C)[se]2)s1. The van der Waals surface area contributed by atoms with Gasteiger partial charge in [0.25, 0.3) is 0 Å². The van der Waals surface area contributed by atoms with Gasteiger partial charge in [0.15, 0.2) is 0 Å². The molecule has 6 rings (SSSR count). The number of unbranched alkanes of at least 4 members (excludes halogenated alkanes) is 32. The first-order chi connectivity index (χ1) is 39.3. The molecule has 0 radical (unpaired) electrons. The van der Waals surface area contributed by atoms with Crippen molar-refractivity contribution in [2.45, 2.75) is 298 Å². The summed E-state index contributed by atoms with van der Waals surface area (Å²) in [6, 6.07) is 18.3. The van der Waals surface area contributed by atoms with Crippen LogP contribution < -0.4 is 0 Å². The quantitative estimate of drug-likeness (QED) is 0.0327. The van der Waals surface area contributed by atoms with Crippen molar-refractivity contribution in [2.24, 2.45) is 11.8 Å². The van der Waals surface area contributed by atoms with Crippen molar-refractivity contribution in [2.75, 3.05) is 13.1 Å². The van der Waals surface area contributed by atoms with Crippen LogP contribution >= 0.6 is 22.7 Å². The van der Waals surface area contributed by atoms with Crippen molar-refractivity contribution in [3.05, 3.63) is 78.3 Å². The molecular formula is C72H112N2O2S2Se2. The van der Waals surface area contributed by atoms with Gasteiger partial charge in [0, 0.05) is 0 Å². The molecule has 0 aliphatic carbocycles. The molecule has 4 aromatic heterocycles. The zero-order valence-corrected chi connectivity index (χ0v) is 56.9. The standard InChI is InChI=1S/C72H112N2O2S2Se2/c1-7-11-15-19-23-27-29-33-37-41-45-59(43-39-35-31-25-21-17-13-9-3)55-73-69(63-51-49-61(77-63)65-53-47-57(5)79-65)67-68(71(73)75)70(64-52-50-62(78-64)66-54-48-58(6)80-66)74(72(67)76)56-60(44-40-36-32-26-22-18-14-10-4)46-42-38-34-30-28-24-20-16-12-8-2/h47-54,59-60H,7-46,55-56H2,1-6H3. The molecule has 0 saturated carbocycles. The Bertz CT molecular complexity index is 2230. The maximum absolute atomic E-state index is 16.1. The van der Waals surface area contributed by atoms with Gasteiger partial charge in [-0.2, -0.15) is 0 Å². The molecule has 6 heterocycles. The molecule has 0 fully saturated rings. The Labute approximate surface area is 510 Å². The number of thiophene rings is 2. The van der Waals surface area contributed by atoms with E-state index in [0.717, 1.165) is 46.8 Å². The molecule has 80 heavy (non-hydrogen) atoms. The molecule has 0 saturated heterocycles. The monoisotopic (exact) mass is 1260 g/mol. The van der Waals surface area contributed by atoms with Gasteiger partial charge < -0.3 is 0 Å². The number of rotatable bonds is 48. The summed E-state index contributed by atoms with van der Waals surface area (Å²) in [7, 11) is 0. The number of amides is 2. The fourth-order valence-electron chi connectivity index (χ4n) is 12.7. The molecule has 0 bridgehead atoms. The average molecular weight is 1260 g/mol. The van der Waals surface area contributed by atoms with Crippen molar-refractivity contribution >= 4 is 74.9 Å². The predicted molar refractivity (Wildman–Crippen MR) is 354 cm³/mol. The van der Waals surface area contributed by atoms with Crippen LogP contribution in [0.5, 0.6) is 0 Å². The van der Waals surface area contributed by atoms with Gasteiger partial charge in [-0.25, -0.2) is 0 Å². The molecule has 2 amide bonds. The number of carbonyl (C=O) groups excluding carboxylic acids is 2. The summed E-state index contributed by atoms with van der Waals surface area (Å²) in [4.78, 5) is 41.2. The molecule has 446 valence electrons. The summed E-state index contributed by atoms with van der Waals surface area (Å²) >= 11 is 4.25. The molecule has 2 atom stereocenters. The summed E-state index contributed by atoms with van der Waals surface area (Å²) in [5, 5.41) is 0. The summed E-state index contributed by atoms with van der Waals surface area (Å²) in [6.07, 6.45) is 52.3. The van der Waals surface area contributed by atoms with Gasteiger partial charge in [0.1, 0.15) is 0 Å². The minimum absolute atomic E-state index is 0.0766. The maximum atomic E-state index is 16.1. The Morgan fingerprint density at radius 1 is 0.338 bits per heavy atom. The molecule has 0 aromatic carbocycles. The third-order valence-electron chi connectivity index (χ3n) is 17.6. The van der Waals surface area contributed by atoms with Gasteiger partial charge in [0.05, 0.1) is 0 Å². The van der Waals surface area contributed by atoms with Gasteiger partial charge in [-0.1, -0.05) is 182 Å². The van der Waals surface area contributed by atoms with E-state index in [2.05, 4.69) is 99.9 Å². The normalized spacial score (nSPS) is 14.5. The number of fused-ring (bicyclic) bond motifs is 1. The predicted octanol–water partition coefficient (Wildman–Crippen LogP) is 22.6. The van der Waals surface area contributed by atoms with Crippen LogP contribution in [0.1, 0.15) is 303 Å². The van der Waals surface area contributed by atoms with Crippen LogP contribution in [0.2, 0.25) is 0 Å². The molecule has 0 N–H and O–H groups in total. The fraction of sp³-hybridized carbons (Fsp3) is 0.694. The summed E-state index contributed by atoms with van der Waals surface area (Å²) in [5.41, 5.74) is 3.23.